The number of hydrogen-bond acceptors (Lipinski definition) is 2. The Morgan fingerprint density at radius 2 is 1.95 bits per heavy atom. The average molecular weight is 279 g/mol. The first kappa shape index (κ1) is 15.9. The molecule has 2 N–H and O–H groups in total. The molecule has 0 unspecified atom stereocenters. The molecule has 0 saturated carbocycles. The molecular weight excluding hydrogens is 254 g/mol. The van der Waals surface area contributed by atoms with Crippen molar-refractivity contribution < 1.29 is 0 Å². The minimum Gasteiger partial charge on any atom is -0.356 e. The lowest BCUT2D eigenvalue weighted by Crippen LogP contribution is -2.39. The van der Waals surface area contributed by atoms with Crippen LogP contribution in [0.25, 0.3) is 0 Å². The first-order valence-corrected chi connectivity index (χ1v) is 8.06. The maximum absolute atomic E-state index is 4.21. The molecule has 1 aromatic carbocycles. The molecule has 0 saturated heterocycles. The Labute approximate surface area is 121 Å². The van der Waals surface area contributed by atoms with Gasteiger partial charge in [-0.2, -0.15) is 11.8 Å². The van der Waals surface area contributed by atoms with E-state index in [1.165, 1.54) is 16.7 Å². The van der Waals surface area contributed by atoms with E-state index in [4.69, 9.17) is 0 Å². The summed E-state index contributed by atoms with van der Waals surface area (Å²) in [6.45, 7) is 6.16. The molecule has 0 spiro atoms. The molecule has 0 atom stereocenters. The molecular formula is C15H25N3S. The SMILES string of the molecule is CN=C(NCCSC)NCCc1ccc(C)cc1C. The number of nitrogens with one attached hydrogen (secondary N) is 2. The van der Waals surface area contributed by atoms with Crippen molar-refractivity contribution >= 4 is 17.7 Å². The van der Waals surface area contributed by atoms with Gasteiger partial charge in [-0.05, 0) is 37.7 Å². The third kappa shape index (κ3) is 6.01. The van der Waals surface area contributed by atoms with Crippen molar-refractivity contribution in [2.24, 2.45) is 4.99 Å². The number of hydrogen-bond donors (Lipinski definition) is 2. The first-order chi connectivity index (χ1) is 9.17. The van der Waals surface area contributed by atoms with Crippen molar-refractivity contribution in [3.8, 4) is 0 Å². The van der Waals surface area contributed by atoms with Crippen LogP contribution in [0.5, 0.6) is 0 Å². The minimum absolute atomic E-state index is 0.888. The number of guanidine groups is 1. The fourth-order valence-corrected chi connectivity index (χ4v) is 2.24. The van der Waals surface area contributed by atoms with E-state index >= 15 is 0 Å². The van der Waals surface area contributed by atoms with Crippen LogP contribution in [0, 0.1) is 13.8 Å². The quantitative estimate of drug-likeness (QED) is 0.477. The summed E-state index contributed by atoms with van der Waals surface area (Å²) in [6.07, 6.45) is 3.13. The number of aliphatic imine (C=N–C) groups is 1. The van der Waals surface area contributed by atoms with E-state index in [-0.39, 0.29) is 0 Å². The second-order valence-electron chi connectivity index (χ2n) is 4.60. The van der Waals surface area contributed by atoms with Gasteiger partial charge < -0.3 is 10.6 Å². The Balaban J connectivity index is 2.36. The number of aryl methyl sites for hydroxylation is 2. The van der Waals surface area contributed by atoms with Crippen LogP contribution in [0.3, 0.4) is 0 Å². The topological polar surface area (TPSA) is 36.4 Å². The average Bonchev–Trinajstić information content (AvgIpc) is 2.39. The molecule has 0 bridgehead atoms. The van der Waals surface area contributed by atoms with Gasteiger partial charge >= 0.3 is 0 Å². The summed E-state index contributed by atoms with van der Waals surface area (Å²) in [5.74, 6) is 1.98. The van der Waals surface area contributed by atoms with Crippen LogP contribution in [-0.2, 0) is 6.42 Å². The number of benzene rings is 1. The summed E-state index contributed by atoms with van der Waals surface area (Å²) in [6, 6.07) is 6.63. The van der Waals surface area contributed by atoms with Gasteiger partial charge in [-0.3, -0.25) is 4.99 Å². The normalized spacial score (nSPS) is 11.5. The lowest BCUT2D eigenvalue weighted by atomic mass is 10.0. The Bertz CT molecular complexity index is 416. The van der Waals surface area contributed by atoms with E-state index in [1.807, 2.05) is 18.8 Å². The van der Waals surface area contributed by atoms with Crippen molar-refractivity contribution in [3.05, 3.63) is 34.9 Å². The Morgan fingerprint density at radius 1 is 1.21 bits per heavy atom. The molecule has 0 aliphatic heterocycles. The lowest BCUT2D eigenvalue weighted by molar-refractivity contribution is 0.809. The molecule has 0 amide bonds. The predicted molar refractivity (Wildman–Crippen MR) is 87.4 cm³/mol. The van der Waals surface area contributed by atoms with Crippen molar-refractivity contribution in [1.29, 1.82) is 0 Å². The third-order valence-corrected chi connectivity index (χ3v) is 3.62. The molecule has 1 rings (SSSR count). The van der Waals surface area contributed by atoms with Crippen molar-refractivity contribution in [1.82, 2.24) is 10.6 Å². The molecule has 4 heteroatoms. The zero-order valence-electron chi connectivity index (χ0n) is 12.4. The highest BCUT2D eigenvalue weighted by Crippen LogP contribution is 2.10. The molecule has 0 aromatic heterocycles. The van der Waals surface area contributed by atoms with Crippen LogP contribution in [0.1, 0.15) is 16.7 Å². The van der Waals surface area contributed by atoms with Gasteiger partial charge in [0.2, 0.25) is 0 Å². The van der Waals surface area contributed by atoms with Crippen molar-refractivity contribution in [3.63, 3.8) is 0 Å². The second-order valence-corrected chi connectivity index (χ2v) is 5.58. The smallest absolute Gasteiger partial charge is 0.191 e. The fourth-order valence-electron chi connectivity index (χ4n) is 1.93. The van der Waals surface area contributed by atoms with Gasteiger partial charge in [0.1, 0.15) is 0 Å². The standard InChI is InChI=1S/C15H25N3S/c1-12-5-6-14(13(2)11-12)7-8-17-15(16-3)18-9-10-19-4/h5-6,11H,7-10H2,1-4H3,(H2,16,17,18). The summed E-state index contributed by atoms with van der Waals surface area (Å²) in [5.41, 5.74) is 4.09. The summed E-state index contributed by atoms with van der Waals surface area (Å²) in [5, 5.41) is 6.65. The van der Waals surface area contributed by atoms with Crippen LogP contribution >= 0.6 is 11.8 Å². The van der Waals surface area contributed by atoms with Gasteiger partial charge in [0, 0.05) is 25.9 Å². The second kappa shape index (κ2) is 8.86. The van der Waals surface area contributed by atoms with Crippen LogP contribution in [0.15, 0.2) is 23.2 Å². The maximum atomic E-state index is 4.21. The number of thioether (sulfide) groups is 1. The van der Waals surface area contributed by atoms with Crippen LogP contribution in [0.2, 0.25) is 0 Å². The van der Waals surface area contributed by atoms with Gasteiger partial charge in [-0.1, -0.05) is 23.8 Å². The van der Waals surface area contributed by atoms with Crippen LogP contribution in [0.4, 0.5) is 0 Å². The van der Waals surface area contributed by atoms with E-state index in [0.29, 0.717) is 0 Å². The van der Waals surface area contributed by atoms with Gasteiger partial charge in [0.05, 0.1) is 0 Å². The summed E-state index contributed by atoms with van der Waals surface area (Å²) in [4.78, 5) is 4.21. The third-order valence-electron chi connectivity index (χ3n) is 3.01. The van der Waals surface area contributed by atoms with E-state index in [0.717, 1.165) is 31.2 Å². The zero-order valence-corrected chi connectivity index (χ0v) is 13.2. The number of rotatable bonds is 6. The van der Waals surface area contributed by atoms with Crippen molar-refractivity contribution in [2.75, 3.05) is 32.1 Å². The van der Waals surface area contributed by atoms with Gasteiger partial charge in [-0.25, -0.2) is 0 Å². The molecule has 0 aliphatic rings. The molecule has 106 valence electrons. The molecule has 0 aliphatic carbocycles. The molecule has 19 heavy (non-hydrogen) atoms. The minimum atomic E-state index is 0.888. The monoisotopic (exact) mass is 279 g/mol. The van der Waals surface area contributed by atoms with E-state index in [9.17, 15) is 0 Å². The largest absolute Gasteiger partial charge is 0.356 e. The van der Waals surface area contributed by atoms with Crippen LogP contribution in [-0.4, -0.2) is 38.1 Å². The highest BCUT2D eigenvalue weighted by atomic mass is 32.2. The molecule has 0 fully saturated rings. The highest BCUT2D eigenvalue weighted by Gasteiger charge is 2.00. The zero-order chi connectivity index (χ0) is 14.1. The summed E-state index contributed by atoms with van der Waals surface area (Å²) >= 11 is 1.83. The molecule has 1 aromatic rings. The Morgan fingerprint density at radius 3 is 2.58 bits per heavy atom. The summed E-state index contributed by atoms with van der Waals surface area (Å²) in [7, 11) is 1.81. The molecule has 0 heterocycles. The maximum Gasteiger partial charge on any atom is 0.191 e. The van der Waals surface area contributed by atoms with Gasteiger partial charge in [0.25, 0.3) is 0 Å². The highest BCUT2D eigenvalue weighted by molar-refractivity contribution is 7.98. The lowest BCUT2D eigenvalue weighted by Gasteiger charge is -2.12. The first-order valence-electron chi connectivity index (χ1n) is 6.67. The van der Waals surface area contributed by atoms with Crippen molar-refractivity contribution in [2.45, 2.75) is 20.3 Å². The molecule has 0 radical (unpaired) electrons. The van der Waals surface area contributed by atoms with Gasteiger partial charge in [0.15, 0.2) is 5.96 Å². The van der Waals surface area contributed by atoms with Crippen LogP contribution < -0.4 is 10.6 Å². The Kier molecular flexibility index (Phi) is 7.41. The van der Waals surface area contributed by atoms with E-state index < -0.39 is 0 Å². The van der Waals surface area contributed by atoms with E-state index in [2.05, 4.69) is 53.9 Å². The fraction of sp³-hybridized carbons (Fsp3) is 0.533. The number of nitrogens with zero attached hydrogens (tertiary/aromatic N) is 1. The predicted octanol–water partition coefficient (Wildman–Crippen LogP) is 2.37. The Hall–Kier alpha value is -1.16. The summed E-state index contributed by atoms with van der Waals surface area (Å²) < 4.78 is 0. The van der Waals surface area contributed by atoms with E-state index in [1.54, 1.807) is 0 Å². The molecule has 3 nitrogen and oxygen atoms in total. The van der Waals surface area contributed by atoms with Gasteiger partial charge in [-0.15, -0.1) is 0 Å².